The molecule has 1 nitrogen and oxygen atoms in total. The summed E-state index contributed by atoms with van der Waals surface area (Å²) < 4.78 is 6.54. The molecule has 3 heteroatoms. The van der Waals surface area contributed by atoms with E-state index < -0.39 is 0 Å². The van der Waals surface area contributed by atoms with Crippen LogP contribution < -0.4 is 4.74 Å². The van der Waals surface area contributed by atoms with Gasteiger partial charge in [-0.2, -0.15) is 0 Å². The Labute approximate surface area is 134 Å². The molecule has 0 fully saturated rings. The van der Waals surface area contributed by atoms with Crippen LogP contribution in [-0.2, 0) is 6.42 Å². The second kappa shape index (κ2) is 7.14. The number of halogens is 2. The van der Waals surface area contributed by atoms with Crippen molar-refractivity contribution in [1.29, 1.82) is 0 Å². The fourth-order valence-corrected chi connectivity index (χ4v) is 3.06. The molecule has 0 saturated heterocycles. The number of benzene rings is 2. The third kappa shape index (κ3) is 3.77. The predicted octanol–water partition coefficient (Wildman–Crippen LogP) is 5.33. The van der Waals surface area contributed by atoms with E-state index in [0.29, 0.717) is 5.88 Å². The molecule has 1 unspecified atom stereocenters. The van der Waals surface area contributed by atoms with Gasteiger partial charge in [0.2, 0.25) is 0 Å². The molecule has 0 aromatic heterocycles. The molecular weight excluding hydrogens is 336 g/mol. The van der Waals surface area contributed by atoms with E-state index in [-0.39, 0.29) is 5.92 Å². The minimum atomic E-state index is 0.282. The zero-order valence-electron chi connectivity index (χ0n) is 11.7. The van der Waals surface area contributed by atoms with Gasteiger partial charge < -0.3 is 4.74 Å². The van der Waals surface area contributed by atoms with Crippen LogP contribution in [-0.4, -0.2) is 13.0 Å². The highest BCUT2D eigenvalue weighted by Gasteiger charge is 2.14. The van der Waals surface area contributed by atoms with Gasteiger partial charge in [0, 0.05) is 16.3 Å². The van der Waals surface area contributed by atoms with Gasteiger partial charge in [0.1, 0.15) is 5.75 Å². The standard InChI is InChI=1S/C17H18BrClO/c1-12-6-7-17(20-2)14(8-12)9-15(11-19)13-4-3-5-16(18)10-13/h3-8,10,15H,9,11H2,1-2H3. The van der Waals surface area contributed by atoms with Crippen molar-refractivity contribution in [3.63, 3.8) is 0 Å². The number of aryl methyl sites for hydroxylation is 1. The topological polar surface area (TPSA) is 9.23 Å². The maximum Gasteiger partial charge on any atom is 0.122 e. The molecule has 2 aromatic carbocycles. The van der Waals surface area contributed by atoms with Crippen molar-refractivity contribution < 1.29 is 4.74 Å². The van der Waals surface area contributed by atoms with Crippen LogP contribution in [0, 0.1) is 6.92 Å². The summed E-state index contributed by atoms with van der Waals surface area (Å²) in [5.41, 5.74) is 3.69. The van der Waals surface area contributed by atoms with E-state index in [0.717, 1.165) is 16.6 Å². The molecule has 0 bridgehead atoms. The molecule has 106 valence electrons. The fraction of sp³-hybridized carbons (Fsp3) is 0.294. The van der Waals surface area contributed by atoms with Gasteiger partial charge in [-0.3, -0.25) is 0 Å². The average Bonchev–Trinajstić information content (AvgIpc) is 2.45. The summed E-state index contributed by atoms with van der Waals surface area (Å²) in [6.45, 7) is 2.09. The van der Waals surface area contributed by atoms with E-state index >= 15 is 0 Å². The first-order chi connectivity index (χ1) is 9.63. The number of methoxy groups -OCH3 is 1. The monoisotopic (exact) mass is 352 g/mol. The van der Waals surface area contributed by atoms with Gasteiger partial charge in [0.25, 0.3) is 0 Å². The molecule has 0 spiro atoms. The summed E-state index contributed by atoms with van der Waals surface area (Å²) in [6.07, 6.45) is 0.880. The van der Waals surface area contributed by atoms with Crippen molar-refractivity contribution in [3.05, 3.63) is 63.6 Å². The van der Waals surface area contributed by atoms with Crippen molar-refractivity contribution in [2.24, 2.45) is 0 Å². The first kappa shape index (κ1) is 15.4. The van der Waals surface area contributed by atoms with E-state index in [1.54, 1.807) is 7.11 Å². The smallest absolute Gasteiger partial charge is 0.122 e. The lowest BCUT2D eigenvalue weighted by Gasteiger charge is -2.17. The first-order valence-electron chi connectivity index (χ1n) is 6.59. The second-order valence-electron chi connectivity index (χ2n) is 4.93. The Bertz CT molecular complexity index is 583. The summed E-state index contributed by atoms with van der Waals surface area (Å²) in [5, 5.41) is 0. The van der Waals surface area contributed by atoms with E-state index in [1.165, 1.54) is 16.7 Å². The van der Waals surface area contributed by atoms with Crippen LogP contribution in [0.4, 0.5) is 0 Å². The summed E-state index contributed by atoms with van der Waals surface area (Å²) in [7, 11) is 1.71. The lowest BCUT2D eigenvalue weighted by atomic mass is 9.92. The molecule has 0 amide bonds. The number of hydrogen-bond acceptors (Lipinski definition) is 1. The summed E-state index contributed by atoms with van der Waals surface area (Å²) in [4.78, 5) is 0. The Morgan fingerprint density at radius 3 is 2.65 bits per heavy atom. The SMILES string of the molecule is COc1ccc(C)cc1CC(CCl)c1cccc(Br)c1. The predicted molar refractivity (Wildman–Crippen MR) is 89.0 cm³/mol. The zero-order chi connectivity index (χ0) is 14.5. The maximum absolute atomic E-state index is 6.18. The minimum Gasteiger partial charge on any atom is -0.496 e. The van der Waals surface area contributed by atoms with Gasteiger partial charge >= 0.3 is 0 Å². The van der Waals surface area contributed by atoms with Gasteiger partial charge in [-0.25, -0.2) is 0 Å². The highest BCUT2D eigenvalue weighted by atomic mass is 79.9. The number of hydrogen-bond donors (Lipinski definition) is 0. The van der Waals surface area contributed by atoms with E-state index in [2.05, 4.69) is 47.1 Å². The van der Waals surface area contributed by atoms with Gasteiger partial charge in [-0.15, -0.1) is 11.6 Å². The van der Waals surface area contributed by atoms with Gasteiger partial charge in [0.15, 0.2) is 0 Å². The highest BCUT2D eigenvalue weighted by molar-refractivity contribution is 9.10. The molecule has 0 aliphatic heterocycles. The van der Waals surface area contributed by atoms with Crippen LogP contribution in [0.2, 0.25) is 0 Å². The number of rotatable bonds is 5. The third-order valence-electron chi connectivity index (χ3n) is 3.41. The molecule has 0 heterocycles. The van der Waals surface area contributed by atoms with Gasteiger partial charge in [-0.05, 0) is 42.7 Å². The lowest BCUT2D eigenvalue weighted by molar-refractivity contribution is 0.408. The Hall–Kier alpha value is -0.990. The number of ether oxygens (including phenoxy) is 1. The molecule has 0 aliphatic carbocycles. The quantitative estimate of drug-likeness (QED) is 0.660. The van der Waals surface area contributed by atoms with Crippen LogP contribution >= 0.6 is 27.5 Å². The average molecular weight is 354 g/mol. The fourth-order valence-electron chi connectivity index (χ4n) is 2.35. The lowest BCUT2D eigenvalue weighted by Crippen LogP contribution is -2.06. The Balaban J connectivity index is 2.28. The zero-order valence-corrected chi connectivity index (χ0v) is 14.0. The van der Waals surface area contributed by atoms with Crippen LogP contribution in [0.5, 0.6) is 5.75 Å². The molecule has 0 radical (unpaired) electrons. The normalized spacial score (nSPS) is 12.2. The summed E-state index contributed by atoms with van der Waals surface area (Å²) in [6, 6.07) is 14.6. The molecule has 0 N–H and O–H groups in total. The second-order valence-corrected chi connectivity index (χ2v) is 6.15. The van der Waals surface area contributed by atoms with E-state index in [1.807, 2.05) is 18.2 Å². The molecular formula is C17H18BrClO. The minimum absolute atomic E-state index is 0.282. The highest BCUT2D eigenvalue weighted by Crippen LogP contribution is 2.29. The van der Waals surface area contributed by atoms with Gasteiger partial charge in [0.05, 0.1) is 7.11 Å². The summed E-state index contributed by atoms with van der Waals surface area (Å²) >= 11 is 9.70. The first-order valence-corrected chi connectivity index (χ1v) is 7.91. The van der Waals surface area contributed by atoms with E-state index in [9.17, 15) is 0 Å². The van der Waals surface area contributed by atoms with Crippen molar-refractivity contribution in [2.45, 2.75) is 19.3 Å². The van der Waals surface area contributed by atoms with Crippen molar-refractivity contribution >= 4 is 27.5 Å². The Morgan fingerprint density at radius 1 is 1.20 bits per heavy atom. The van der Waals surface area contributed by atoms with Crippen LogP contribution in [0.25, 0.3) is 0 Å². The third-order valence-corrected chi connectivity index (χ3v) is 4.27. The van der Waals surface area contributed by atoms with E-state index in [4.69, 9.17) is 16.3 Å². The summed E-state index contributed by atoms with van der Waals surface area (Å²) in [5.74, 6) is 1.80. The molecule has 2 rings (SSSR count). The van der Waals surface area contributed by atoms with Crippen LogP contribution in [0.15, 0.2) is 46.9 Å². The van der Waals surface area contributed by atoms with Crippen molar-refractivity contribution in [3.8, 4) is 5.75 Å². The number of alkyl halides is 1. The molecule has 0 aliphatic rings. The molecule has 2 aromatic rings. The van der Waals surface area contributed by atoms with Crippen LogP contribution in [0.1, 0.15) is 22.6 Å². The van der Waals surface area contributed by atoms with Crippen molar-refractivity contribution in [2.75, 3.05) is 13.0 Å². The maximum atomic E-state index is 6.18. The molecule has 1 atom stereocenters. The largest absolute Gasteiger partial charge is 0.496 e. The van der Waals surface area contributed by atoms with Crippen molar-refractivity contribution in [1.82, 2.24) is 0 Å². The Kier molecular flexibility index (Phi) is 5.50. The Morgan fingerprint density at radius 2 is 2.00 bits per heavy atom. The van der Waals surface area contributed by atoms with Crippen LogP contribution in [0.3, 0.4) is 0 Å². The molecule has 20 heavy (non-hydrogen) atoms. The van der Waals surface area contributed by atoms with Gasteiger partial charge in [-0.1, -0.05) is 45.8 Å². The molecule has 0 saturated carbocycles.